The van der Waals surface area contributed by atoms with Crippen LogP contribution in [0.1, 0.15) is 12.5 Å². The molecule has 0 aliphatic rings. The quantitative estimate of drug-likeness (QED) is 0.739. The molecule has 2 rings (SSSR count). The number of aryl methyl sites for hydroxylation is 1. The summed E-state index contributed by atoms with van der Waals surface area (Å²) in [6.07, 6.45) is 0.958. The zero-order valence-corrected chi connectivity index (χ0v) is 10.6. The van der Waals surface area contributed by atoms with Crippen molar-refractivity contribution in [2.24, 2.45) is 0 Å². The van der Waals surface area contributed by atoms with Gasteiger partial charge in [-0.15, -0.1) is 0 Å². The molecule has 0 spiro atoms. The van der Waals surface area contributed by atoms with Gasteiger partial charge in [-0.25, -0.2) is 4.39 Å². The first kappa shape index (κ1) is 11.3. The summed E-state index contributed by atoms with van der Waals surface area (Å²) in [5.41, 5.74) is 2.77. The van der Waals surface area contributed by atoms with E-state index in [1.54, 1.807) is 6.07 Å². The van der Waals surface area contributed by atoms with Crippen LogP contribution in [0.4, 0.5) is 4.39 Å². The lowest BCUT2D eigenvalue weighted by Gasteiger charge is -2.07. The van der Waals surface area contributed by atoms with Crippen molar-refractivity contribution in [3.8, 4) is 11.1 Å². The highest BCUT2D eigenvalue weighted by atomic mass is 79.9. The van der Waals surface area contributed by atoms with E-state index in [4.69, 9.17) is 0 Å². The van der Waals surface area contributed by atoms with Gasteiger partial charge in [0.1, 0.15) is 5.82 Å². The minimum atomic E-state index is -0.192. The Morgan fingerprint density at radius 1 is 1.12 bits per heavy atom. The lowest BCUT2D eigenvalue weighted by molar-refractivity contribution is 0.630. The SMILES string of the molecule is CCc1cccc(-c2c(F)cccc2Br)c1. The minimum Gasteiger partial charge on any atom is -0.206 e. The summed E-state index contributed by atoms with van der Waals surface area (Å²) >= 11 is 3.39. The summed E-state index contributed by atoms with van der Waals surface area (Å²) in [6.45, 7) is 2.09. The highest BCUT2D eigenvalue weighted by Crippen LogP contribution is 2.31. The van der Waals surface area contributed by atoms with Gasteiger partial charge in [0, 0.05) is 10.0 Å². The van der Waals surface area contributed by atoms with E-state index >= 15 is 0 Å². The van der Waals surface area contributed by atoms with Gasteiger partial charge in [-0.2, -0.15) is 0 Å². The molecule has 0 N–H and O–H groups in total. The predicted molar refractivity (Wildman–Crippen MR) is 68.9 cm³/mol. The predicted octanol–water partition coefficient (Wildman–Crippen LogP) is 4.82. The van der Waals surface area contributed by atoms with Crippen LogP contribution in [0.2, 0.25) is 0 Å². The smallest absolute Gasteiger partial charge is 0.132 e. The van der Waals surface area contributed by atoms with Crippen molar-refractivity contribution in [2.45, 2.75) is 13.3 Å². The second-order valence-electron chi connectivity index (χ2n) is 3.65. The van der Waals surface area contributed by atoms with E-state index in [1.807, 2.05) is 24.3 Å². The average molecular weight is 279 g/mol. The first-order valence-electron chi connectivity index (χ1n) is 5.25. The van der Waals surface area contributed by atoms with Crippen LogP contribution in [0.3, 0.4) is 0 Å². The normalized spacial score (nSPS) is 10.4. The molecule has 0 atom stereocenters. The van der Waals surface area contributed by atoms with Crippen molar-refractivity contribution in [3.63, 3.8) is 0 Å². The molecule has 0 aliphatic heterocycles. The maximum atomic E-state index is 13.7. The van der Waals surface area contributed by atoms with Crippen LogP contribution in [-0.4, -0.2) is 0 Å². The number of rotatable bonds is 2. The Bertz CT molecular complexity index is 486. The van der Waals surface area contributed by atoms with Crippen LogP contribution in [0, 0.1) is 5.82 Å². The van der Waals surface area contributed by atoms with Crippen molar-refractivity contribution >= 4 is 15.9 Å². The van der Waals surface area contributed by atoms with Gasteiger partial charge in [-0.1, -0.05) is 53.2 Å². The Balaban J connectivity index is 2.58. The summed E-state index contributed by atoms with van der Waals surface area (Å²) in [7, 11) is 0. The van der Waals surface area contributed by atoms with Gasteiger partial charge in [0.15, 0.2) is 0 Å². The fourth-order valence-electron chi connectivity index (χ4n) is 1.72. The molecule has 0 heterocycles. The molecule has 0 saturated heterocycles. The number of benzene rings is 2. The molecule has 82 valence electrons. The Hall–Kier alpha value is -1.15. The van der Waals surface area contributed by atoms with E-state index in [1.165, 1.54) is 11.6 Å². The molecule has 0 nitrogen and oxygen atoms in total. The molecule has 0 bridgehead atoms. The molecule has 0 fully saturated rings. The van der Waals surface area contributed by atoms with Crippen LogP contribution >= 0.6 is 15.9 Å². The second-order valence-corrected chi connectivity index (χ2v) is 4.50. The van der Waals surface area contributed by atoms with Crippen LogP contribution in [0.15, 0.2) is 46.9 Å². The fourth-order valence-corrected chi connectivity index (χ4v) is 2.29. The third-order valence-corrected chi connectivity index (χ3v) is 3.25. The molecule has 0 saturated carbocycles. The maximum absolute atomic E-state index is 13.7. The molecule has 0 radical (unpaired) electrons. The summed E-state index contributed by atoms with van der Waals surface area (Å²) in [5.74, 6) is -0.192. The highest BCUT2D eigenvalue weighted by molar-refractivity contribution is 9.10. The standard InChI is InChI=1S/C14H12BrF/c1-2-10-5-3-6-11(9-10)14-12(15)7-4-8-13(14)16/h3-9H,2H2,1H3. The Labute approximate surface area is 103 Å². The molecule has 0 aromatic heterocycles. The molecular formula is C14H12BrF. The highest BCUT2D eigenvalue weighted by Gasteiger charge is 2.08. The van der Waals surface area contributed by atoms with Crippen molar-refractivity contribution in [1.29, 1.82) is 0 Å². The fraction of sp³-hybridized carbons (Fsp3) is 0.143. The first-order valence-corrected chi connectivity index (χ1v) is 6.05. The van der Waals surface area contributed by atoms with E-state index in [9.17, 15) is 4.39 Å². The van der Waals surface area contributed by atoms with Gasteiger partial charge in [0.05, 0.1) is 0 Å². The van der Waals surface area contributed by atoms with Gasteiger partial charge >= 0.3 is 0 Å². The lowest BCUT2D eigenvalue weighted by Crippen LogP contribution is -1.87. The van der Waals surface area contributed by atoms with Gasteiger partial charge in [-0.05, 0) is 29.7 Å². The molecule has 0 unspecified atom stereocenters. The number of hydrogen-bond acceptors (Lipinski definition) is 0. The van der Waals surface area contributed by atoms with Gasteiger partial charge < -0.3 is 0 Å². The summed E-state index contributed by atoms with van der Waals surface area (Å²) in [6, 6.07) is 13.0. The van der Waals surface area contributed by atoms with Crippen LogP contribution < -0.4 is 0 Å². The summed E-state index contributed by atoms with van der Waals surface area (Å²) < 4.78 is 14.5. The maximum Gasteiger partial charge on any atom is 0.132 e. The largest absolute Gasteiger partial charge is 0.206 e. The van der Waals surface area contributed by atoms with E-state index in [0.717, 1.165) is 16.5 Å². The molecule has 2 aromatic rings. The van der Waals surface area contributed by atoms with E-state index in [0.29, 0.717) is 5.56 Å². The van der Waals surface area contributed by atoms with Crippen LogP contribution in [0.5, 0.6) is 0 Å². The Morgan fingerprint density at radius 3 is 2.56 bits per heavy atom. The van der Waals surface area contributed by atoms with E-state index in [2.05, 4.69) is 28.9 Å². The number of hydrogen-bond donors (Lipinski definition) is 0. The molecular weight excluding hydrogens is 267 g/mol. The minimum absolute atomic E-state index is 0.192. The third-order valence-electron chi connectivity index (χ3n) is 2.59. The van der Waals surface area contributed by atoms with Crippen molar-refractivity contribution < 1.29 is 4.39 Å². The average Bonchev–Trinajstić information content (AvgIpc) is 2.29. The third kappa shape index (κ3) is 2.17. The van der Waals surface area contributed by atoms with Crippen molar-refractivity contribution in [3.05, 3.63) is 58.3 Å². The van der Waals surface area contributed by atoms with Crippen LogP contribution in [-0.2, 0) is 6.42 Å². The van der Waals surface area contributed by atoms with E-state index < -0.39 is 0 Å². The molecule has 0 aliphatic carbocycles. The van der Waals surface area contributed by atoms with E-state index in [-0.39, 0.29) is 5.82 Å². The zero-order chi connectivity index (χ0) is 11.5. The second kappa shape index (κ2) is 4.79. The monoisotopic (exact) mass is 278 g/mol. The van der Waals surface area contributed by atoms with Crippen molar-refractivity contribution in [2.75, 3.05) is 0 Å². The summed E-state index contributed by atoms with van der Waals surface area (Å²) in [4.78, 5) is 0. The molecule has 0 amide bonds. The first-order chi connectivity index (χ1) is 7.72. The topological polar surface area (TPSA) is 0 Å². The van der Waals surface area contributed by atoms with Gasteiger partial charge in [0.25, 0.3) is 0 Å². The Morgan fingerprint density at radius 2 is 1.88 bits per heavy atom. The van der Waals surface area contributed by atoms with Crippen LogP contribution in [0.25, 0.3) is 11.1 Å². The zero-order valence-electron chi connectivity index (χ0n) is 9.00. The van der Waals surface area contributed by atoms with Gasteiger partial charge in [-0.3, -0.25) is 0 Å². The number of halogens is 2. The molecule has 2 heteroatoms. The lowest BCUT2D eigenvalue weighted by atomic mass is 10.0. The molecule has 16 heavy (non-hydrogen) atoms. The summed E-state index contributed by atoms with van der Waals surface area (Å²) in [5, 5.41) is 0. The van der Waals surface area contributed by atoms with Gasteiger partial charge in [0.2, 0.25) is 0 Å². The molecule has 2 aromatic carbocycles. The Kier molecular flexibility index (Phi) is 3.39. The van der Waals surface area contributed by atoms with Crippen molar-refractivity contribution in [1.82, 2.24) is 0 Å².